The molecule has 0 radical (unpaired) electrons. The van der Waals surface area contributed by atoms with Crippen molar-refractivity contribution in [1.82, 2.24) is 0 Å². The topological polar surface area (TPSA) is 90.7 Å². The summed E-state index contributed by atoms with van der Waals surface area (Å²) in [6.07, 6.45) is -0.358. The van der Waals surface area contributed by atoms with Crippen molar-refractivity contribution >= 4 is 15.9 Å². The normalized spacial score (nSPS) is 17.6. The maximum absolute atomic E-state index is 10.8. The summed E-state index contributed by atoms with van der Waals surface area (Å²) in [6, 6.07) is 6.66. The standard InChI is InChI=1S/C9H12N2O4S/c10-16(12,13)11-8-3-1-7(2-4-8)9-14-5-6-15-9/h1-4,9,11H,5-6H2,(H2,10,12,13). The van der Waals surface area contributed by atoms with Crippen molar-refractivity contribution in [2.45, 2.75) is 6.29 Å². The Morgan fingerprint density at radius 2 is 1.75 bits per heavy atom. The molecule has 0 aromatic heterocycles. The van der Waals surface area contributed by atoms with Crippen LogP contribution in [0.25, 0.3) is 0 Å². The first-order valence-electron chi connectivity index (χ1n) is 4.68. The SMILES string of the molecule is NS(=O)(=O)Nc1ccc(C2OCCO2)cc1. The minimum atomic E-state index is -3.72. The van der Waals surface area contributed by atoms with Gasteiger partial charge in [0.25, 0.3) is 10.2 Å². The van der Waals surface area contributed by atoms with Crippen LogP contribution in [0, 0.1) is 0 Å². The molecule has 7 heteroatoms. The number of anilines is 1. The Bertz CT molecular complexity index is 451. The fourth-order valence-electron chi connectivity index (χ4n) is 1.42. The predicted molar refractivity (Wildman–Crippen MR) is 57.8 cm³/mol. The molecule has 0 saturated carbocycles. The molecule has 1 heterocycles. The van der Waals surface area contributed by atoms with E-state index in [9.17, 15) is 8.42 Å². The van der Waals surface area contributed by atoms with E-state index in [1.165, 1.54) is 0 Å². The van der Waals surface area contributed by atoms with E-state index in [1.54, 1.807) is 24.3 Å². The van der Waals surface area contributed by atoms with Crippen LogP contribution >= 0.6 is 0 Å². The highest BCUT2D eigenvalue weighted by Crippen LogP contribution is 2.24. The summed E-state index contributed by atoms with van der Waals surface area (Å²) in [6.45, 7) is 1.14. The number of nitrogens with two attached hydrogens (primary N) is 1. The number of ether oxygens (including phenoxy) is 2. The minimum Gasteiger partial charge on any atom is -0.346 e. The monoisotopic (exact) mass is 244 g/mol. The molecule has 0 bridgehead atoms. The molecule has 1 aliphatic rings. The first kappa shape index (κ1) is 11.3. The van der Waals surface area contributed by atoms with E-state index < -0.39 is 10.2 Å². The molecule has 1 aromatic carbocycles. The van der Waals surface area contributed by atoms with Gasteiger partial charge in [-0.3, -0.25) is 4.72 Å². The highest BCUT2D eigenvalue weighted by molar-refractivity contribution is 7.90. The summed E-state index contributed by atoms with van der Waals surface area (Å²) in [4.78, 5) is 0. The Morgan fingerprint density at radius 1 is 1.19 bits per heavy atom. The Morgan fingerprint density at radius 3 is 2.25 bits per heavy atom. The van der Waals surface area contributed by atoms with Crippen LogP contribution in [0.4, 0.5) is 5.69 Å². The second-order valence-corrected chi connectivity index (χ2v) is 4.64. The lowest BCUT2D eigenvalue weighted by atomic mass is 10.2. The third-order valence-electron chi connectivity index (χ3n) is 2.06. The van der Waals surface area contributed by atoms with Gasteiger partial charge in [-0.1, -0.05) is 12.1 Å². The number of nitrogens with one attached hydrogen (secondary N) is 1. The smallest absolute Gasteiger partial charge is 0.296 e. The molecule has 1 fully saturated rings. The van der Waals surface area contributed by atoms with Gasteiger partial charge in [-0.25, -0.2) is 5.14 Å². The van der Waals surface area contributed by atoms with Crippen molar-refractivity contribution in [3.8, 4) is 0 Å². The quantitative estimate of drug-likeness (QED) is 0.802. The molecule has 1 aromatic rings. The van der Waals surface area contributed by atoms with Gasteiger partial charge < -0.3 is 9.47 Å². The molecular formula is C9H12N2O4S. The van der Waals surface area contributed by atoms with E-state index in [-0.39, 0.29) is 6.29 Å². The molecular weight excluding hydrogens is 232 g/mol. The van der Waals surface area contributed by atoms with Crippen molar-refractivity contribution in [2.24, 2.45) is 5.14 Å². The van der Waals surface area contributed by atoms with E-state index in [4.69, 9.17) is 14.6 Å². The lowest BCUT2D eigenvalue weighted by Crippen LogP contribution is -2.21. The number of hydrogen-bond donors (Lipinski definition) is 2. The van der Waals surface area contributed by atoms with Crippen LogP contribution in [-0.2, 0) is 19.7 Å². The fourth-order valence-corrected chi connectivity index (χ4v) is 1.89. The van der Waals surface area contributed by atoms with E-state index in [0.717, 1.165) is 5.56 Å². The predicted octanol–water partition coefficient (Wildman–Crippen LogP) is 0.347. The number of hydrogen-bond acceptors (Lipinski definition) is 4. The first-order valence-corrected chi connectivity index (χ1v) is 6.23. The molecule has 0 amide bonds. The van der Waals surface area contributed by atoms with Gasteiger partial charge >= 0.3 is 0 Å². The van der Waals surface area contributed by atoms with E-state index in [2.05, 4.69) is 4.72 Å². The molecule has 6 nitrogen and oxygen atoms in total. The Kier molecular flexibility index (Phi) is 3.10. The molecule has 0 spiro atoms. The van der Waals surface area contributed by atoms with Crippen molar-refractivity contribution in [3.05, 3.63) is 29.8 Å². The third kappa shape index (κ3) is 2.92. The lowest BCUT2D eigenvalue weighted by molar-refractivity contribution is -0.0441. The van der Waals surface area contributed by atoms with Crippen molar-refractivity contribution in [3.63, 3.8) is 0 Å². The average Bonchev–Trinajstić information content (AvgIpc) is 2.69. The molecule has 88 valence electrons. The van der Waals surface area contributed by atoms with Crippen LogP contribution in [0.5, 0.6) is 0 Å². The molecule has 0 aliphatic carbocycles. The van der Waals surface area contributed by atoms with Crippen LogP contribution in [0.1, 0.15) is 11.9 Å². The van der Waals surface area contributed by atoms with Crippen LogP contribution in [0.3, 0.4) is 0 Å². The van der Waals surface area contributed by atoms with Crippen molar-refractivity contribution in [2.75, 3.05) is 17.9 Å². The molecule has 3 N–H and O–H groups in total. The summed E-state index contributed by atoms with van der Waals surface area (Å²) >= 11 is 0. The van der Waals surface area contributed by atoms with Crippen LogP contribution in [0.2, 0.25) is 0 Å². The van der Waals surface area contributed by atoms with Crippen molar-refractivity contribution < 1.29 is 17.9 Å². The Labute approximate surface area is 93.5 Å². The average molecular weight is 244 g/mol. The second-order valence-electron chi connectivity index (χ2n) is 3.34. The summed E-state index contributed by atoms with van der Waals surface area (Å²) in [5, 5.41) is 4.84. The Hall–Kier alpha value is -1.15. The van der Waals surface area contributed by atoms with Gasteiger partial charge in [0.15, 0.2) is 6.29 Å². The summed E-state index contributed by atoms with van der Waals surface area (Å²) in [5.74, 6) is 0. The van der Waals surface area contributed by atoms with Crippen molar-refractivity contribution in [1.29, 1.82) is 0 Å². The number of rotatable bonds is 3. The minimum absolute atomic E-state index is 0.358. The molecule has 0 unspecified atom stereocenters. The van der Waals surface area contributed by atoms with Crippen LogP contribution < -0.4 is 9.86 Å². The van der Waals surface area contributed by atoms with Crippen LogP contribution in [-0.4, -0.2) is 21.6 Å². The first-order chi connectivity index (χ1) is 7.54. The molecule has 1 saturated heterocycles. The van der Waals surface area contributed by atoms with Crippen LogP contribution in [0.15, 0.2) is 24.3 Å². The van der Waals surface area contributed by atoms with E-state index in [0.29, 0.717) is 18.9 Å². The lowest BCUT2D eigenvalue weighted by Gasteiger charge is -2.10. The molecule has 2 rings (SSSR count). The van der Waals surface area contributed by atoms with Gasteiger partial charge in [0.1, 0.15) is 0 Å². The summed E-state index contributed by atoms with van der Waals surface area (Å²) < 4.78 is 34.3. The zero-order chi connectivity index (χ0) is 11.6. The van der Waals surface area contributed by atoms with Gasteiger partial charge in [-0.15, -0.1) is 0 Å². The van der Waals surface area contributed by atoms with Gasteiger partial charge in [0.2, 0.25) is 0 Å². The summed E-state index contributed by atoms with van der Waals surface area (Å²) in [7, 11) is -3.72. The maximum Gasteiger partial charge on any atom is 0.296 e. The van der Waals surface area contributed by atoms with Gasteiger partial charge in [-0.05, 0) is 12.1 Å². The maximum atomic E-state index is 10.8. The van der Waals surface area contributed by atoms with Gasteiger partial charge in [0, 0.05) is 11.3 Å². The second kappa shape index (κ2) is 4.38. The van der Waals surface area contributed by atoms with E-state index >= 15 is 0 Å². The Balaban J connectivity index is 2.10. The zero-order valence-corrected chi connectivity index (χ0v) is 9.24. The van der Waals surface area contributed by atoms with E-state index in [1.807, 2.05) is 0 Å². The fraction of sp³-hybridized carbons (Fsp3) is 0.333. The summed E-state index contributed by atoms with van der Waals surface area (Å²) in [5.41, 5.74) is 1.25. The zero-order valence-electron chi connectivity index (χ0n) is 8.42. The molecule has 0 atom stereocenters. The number of benzene rings is 1. The molecule has 16 heavy (non-hydrogen) atoms. The largest absolute Gasteiger partial charge is 0.346 e. The third-order valence-corrected chi connectivity index (χ3v) is 2.58. The molecule has 1 aliphatic heterocycles. The van der Waals surface area contributed by atoms with Gasteiger partial charge in [0.05, 0.1) is 13.2 Å². The highest BCUT2D eigenvalue weighted by Gasteiger charge is 2.17. The van der Waals surface area contributed by atoms with Gasteiger partial charge in [-0.2, -0.15) is 8.42 Å². The highest BCUT2D eigenvalue weighted by atomic mass is 32.2.